The number of amides is 2. The first-order valence-electron chi connectivity index (χ1n) is 10.6. The molecule has 2 amide bonds. The van der Waals surface area contributed by atoms with E-state index in [2.05, 4.69) is 0 Å². The van der Waals surface area contributed by atoms with E-state index < -0.39 is 0 Å². The molecule has 0 atom stereocenters. The Morgan fingerprint density at radius 1 is 0.862 bits per heavy atom. The number of likely N-dealkylation sites (tertiary alicyclic amines) is 2. The van der Waals surface area contributed by atoms with E-state index in [1.165, 1.54) is 12.8 Å². The van der Waals surface area contributed by atoms with Crippen molar-refractivity contribution in [2.45, 2.75) is 38.5 Å². The van der Waals surface area contributed by atoms with Crippen LogP contribution in [0.2, 0.25) is 5.02 Å². The lowest BCUT2D eigenvalue weighted by atomic mass is 9.95. The molecular weight excluding hydrogens is 388 g/mol. The average molecular weight is 415 g/mol. The second kappa shape index (κ2) is 9.04. The Hall–Kier alpha value is -2.27. The van der Waals surface area contributed by atoms with E-state index in [0.29, 0.717) is 29.6 Å². The number of benzene rings is 1. The van der Waals surface area contributed by atoms with E-state index in [1.807, 2.05) is 23.1 Å². The molecular formula is C23H27ClN2O3. The van der Waals surface area contributed by atoms with Gasteiger partial charge in [0.05, 0.1) is 5.02 Å². The molecule has 1 aromatic heterocycles. The maximum Gasteiger partial charge on any atom is 0.289 e. The van der Waals surface area contributed by atoms with Gasteiger partial charge in [0.25, 0.3) is 5.91 Å². The summed E-state index contributed by atoms with van der Waals surface area (Å²) < 4.78 is 5.80. The molecule has 0 bridgehead atoms. The minimum Gasteiger partial charge on any atom is -0.451 e. The van der Waals surface area contributed by atoms with Crippen molar-refractivity contribution in [1.29, 1.82) is 0 Å². The topological polar surface area (TPSA) is 53.8 Å². The van der Waals surface area contributed by atoms with E-state index in [1.54, 1.807) is 23.1 Å². The molecule has 5 nitrogen and oxygen atoms in total. The van der Waals surface area contributed by atoms with Crippen LogP contribution in [0.3, 0.4) is 0 Å². The van der Waals surface area contributed by atoms with Crippen LogP contribution in [0.15, 0.2) is 40.8 Å². The lowest BCUT2D eigenvalue weighted by molar-refractivity contribution is -0.136. The zero-order valence-corrected chi connectivity index (χ0v) is 17.4. The molecule has 0 unspecified atom stereocenters. The van der Waals surface area contributed by atoms with Crippen LogP contribution in [0.25, 0.3) is 11.3 Å². The van der Waals surface area contributed by atoms with Crippen LogP contribution in [-0.4, -0.2) is 47.8 Å². The molecule has 0 saturated carbocycles. The zero-order chi connectivity index (χ0) is 20.2. The molecule has 0 radical (unpaired) electrons. The van der Waals surface area contributed by atoms with E-state index in [-0.39, 0.29) is 17.7 Å². The number of halogens is 1. The van der Waals surface area contributed by atoms with Crippen molar-refractivity contribution < 1.29 is 14.0 Å². The summed E-state index contributed by atoms with van der Waals surface area (Å²) in [5.41, 5.74) is 0.773. The fraction of sp³-hybridized carbons (Fsp3) is 0.478. The van der Waals surface area contributed by atoms with Gasteiger partial charge in [-0.15, -0.1) is 0 Å². The molecule has 3 heterocycles. The maximum absolute atomic E-state index is 12.9. The molecule has 2 saturated heterocycles. The summed E-state index contributed by atoms with van der Waals surface area (Å²) in [4.78, 5) is 29.5. The Kier molecular flexibility index (Phi) is 6.24. The van der Waals surface area contributed by atoms with Crippen molar-refractivity contribution >= 4 is 23.4 Å². The number of carbonyl (C=O) groups is 2. The normalized spacial score (nSPS) is 18.5. The second-order valence-corrected chi connectivity index (χ2v) is 8.36. The number of hydrogen-bond donors (Lipinski definition) is 0. The van der Waals surface area contributed by atoms with E-state index in [4.69, 9.17) is 16.0 Å². The first-order chi connectivity index (χ1) is 14.1. The molecule has 29 heavy (non-hydrogen) atoms. The largest absolute Gasteiger partial charge is 0.451 e. The van der Waals surface area contributed by atoms with Crippen LogP contribution in [0.1, 0.15) is 49.1 Å². The molecule has 154 valence electrons. The third kappa shape index (κ3) is 4.50. The summed E-state index contributed by atoms with van der Waals surface area (Å²) in [6.07, 6.45) is 6.09. The average Bonchev–Trinajstić information content (AvgIpc) is 3.08. The van der Waals surface area contributed by atoms with Crippen LogP contribution in [0.4, 0.5) is 0 Å². The van der Waals surface area contributed by atoms with Crippen molar-refractivity contribution in [2.24, 2.45) is 5.92 Å². The molecule has 2 aliphatic heterocycles. The number of hydrogen-bond acceptors (Lipinski definition) is 3. The molecule has 4 rings (SSSR count). The highest BCUT2D eigenvalue weighted by Gasteiger charge is 2.31. The van der Waals surface area contributed by atoms with Crippen molar-refractivity contribution in [1.82, 2.24) is 9.80 Å². The van der Waals surface area contributed by atoms with Gasteiger partial charge in [0.1, 0.15) is 5.76 Å². The van der Waals surface area contributed by atoms with Gasteiger partial charge in [-0.25, -0.2) is 0 Å². The Balaban J connectivity index is 1.36. The maximum atomic E-state index is 12.9. The summed E-state index contributed by atoms with van der Waals surface area (Å²) in [7, 11) is 0. The quantitative estimate of drug-likeness (QED) is 0.721. The first kappa shape index (κ1) is 20.0. The van der Waals surface area contributed by atoms with E-state index >= 15 is 0 Å². The summed E-state index contributed by atoms with van der Waals surface area (Å²) in [6, 6.07) is 10.9. The van der Waals surface area contributed by atoms with Gasteiger partial charge in [0.2, 0.25) is 5.91 Å². The van der Waals surface area contributed by atoms with E-state index in [9.17, 15) is 9.59 Å². The summed E-state index contributed by atoms with van der Waals surface area (Å²) in [5, 5.41) is 0.591. The van der Waals surface area contributed by atoms with Crippen molar-refractivity contribution in [2.75, 3.05) is 26.2 Å². The molecule has 0 aliphatic carbocycles. The van der Waals surface area contributed by atoms with Gasteiger partial charge in [0.15, 0.2) is 5.76 Å². The van der Waals surface area contributed by atoms with Gasteiger partial charge in [-0.1, -0.05) is 36.6 Å². The van der Waals surface area contributed by atoms with Gasteiger partial charge >= 0.3 is 0 Å². The van der Waals surface area contributed by atoms with Gasteiger partial charge in [-0.3, -0.25) is 9.59 Å². The molecule has 0 N–H and O–H groups in total. The predicted molar refractivity (Wildman–Crippen MR) is 113 cm³/mol. The van der Waals surface area contributed by atoms with Gasteiger partial charge in [-0.05, 0) is 49.9 Å². The Bertz CT molecular complexity index is 863. The lowest BCUT2D eigenvalue weighted by Gasteiger charge is -2.33. The molecule has 0 spiro atoms. The predicted octanol–water partition coefficient (Wildman–Crippen LogP) is 4.85. The van der Waals surface area contributed by atoms with Crippen LogP contribution in [-0.2, 0) is 4.79 Å². The Morgan fingerprint density at radius 2 is 1.55 bits per heavy atom. The molecule has 2 aromatic rings. The molecule has 1 aromatic carbocycles. The SMILES string of the molecule is O=C(c1ccc(-c2ccccc2Cl)o1)N1CCC(C(=O)N2CCCCCC2)CC1. The first-order valence-corrected chi connectivity index (χ1v) is 10.9. The van der Waals surface area contributed by atoms with Crippen LogP contribution in [0, 0.1) is 5.92 Å². The Morgan fingerprint density at radius 3 is 2.24 bits per heavy atom. The number of nitrogens with zero attached hydrogens (tertiary/aromatic N) is 2. The van der Waals surface area contributed by atoms with Gasteiger partial charge in [0, 0.05) is 37.7 Å². The van der Waals surface area contributed by atoms with Crippen molar-refractivity contribution in [3.8, 4) is 11.3 Å². The highest BCUT2D eigenvalue weighted by molar-refractivity contribution is 6.33. The highest BCUT2D eigenvalue weighted by atomic mass is 35.5. The molecule has 2 aliphatic rings. The zero-order valence-electron chi connectivity index (χ0n) is 16.6. The summed E-state index contributed by atoms with van der Waals surface area (Å²) in [6.45, 7) is 2.95. The second-order valence-electron chi connectivity index (χ2n) is 7.95. The van der Waals surface area contributed by atoms with Gasteiger partial charge < -0.3 is 14.2 Å². The summed E-state index contributed by atoms with van der Waals surface area (Å²) >= 11 is 6.22. The van der Waals surface area contributed by atoms with Crippen molar-refractivity contribution in [3.05, 3.63) is 47.2 Å². The monoisotopic (exact) mass is 414 g/mol. The van der Waals surface area contributed by atoms with E-state index in [0.717, 1.165) is 44.3 Å². The Labute approximate surface area is 176 Å². The third-order valence-electron chi connectivity index (χ3n) is 6.01. The summed E-state index contributed by atoms with van der Waals surface area (Å²) in [5.74, 6) is 1.09. The minimum absolute atomic E-state index is 0.0347. The fourth-order valence-corrected chi connectivity index (χ4v) is 4.52. The molecule has 2 fully saturated rings. The highest BCUT2D eigenvalue weighted by Crippen LogP contribution is 2.30. The fourth-order valence-electron chi connectivity index (χ4n) is 4.29. The number of piperidine rings is 1. The van der Waals surface area contributed by atoms with Crippen LogP contribution in [0.5, 0.6) is 0 Å². The number of carbonyl (C=O) groups excluding carboxylic acids is 2. The standard InChI is InChI=1S/C23H27ClN2O3/c24-19-8-4-3-7-18(19)20-9-10-21(29-20)23(28)26-15-11-17(12-16-26)22(27)25-13-5-1-2-6-14-25/h3-4,7-10,17H,1-2,5-6,11-16H2. The van der Waals surface area contributed by atoms with Crippen molar-refractivity contribution in [3.63, 3.8) is 0 Å². The minimum atomic E-state index is -0.121. The van der Waals surface area contributed by atoms with Gasteiger partial charge in [-0.2, -0.15) is 0 Å². The third-order valence-corrected chi connectivity index (χ3v) is 6.33. The smallest absolute Gasteiger partial charge is 0.289 e. The van der Waals surface area contributed by atoms with Crippen LogP contribution >= 0.6 is 11.6 Å². The molecule has 6 heteroatoms. The van der Waals surface area contributed by atoms with Crippen LogP contribution < -0.4 is 0 Å². The number of rotatable bonds is 3. The number of furan rings is 1. The lowest BCUT2D eigenvalue weighted by Crippen LogP contribution is -2.44.